The highest BCUT2D eigenvalue weighted by atomic mass is 19.1. The summed E-state index contributed by atoms with van der Waals surface area (Å²) in [7, 11) is 1.49. The van der Waals surface area contributed by atoms with Gasteiger partial charge in [0.2, 0.25) is 5.91 Å². The highest BCUT2D eigenvalue weighted by Gasteiger charge is 2.40. The fourth-order valence-corrected chi connectivity index (χ4v) is 5.36. The standard InChI is InChI=1S/C36H35FN2O6/c1-3-26(35(41)39-29(23-44-36(39)42)20-24-9-5-4-6-10-24)19-25-13-18-33(43-2)31(21-25)34(40)38-22-27-11-7-8-12-32(27)45-30-16-14-28(37)15-17-30/h4-18,21,26,29H,3,19-20,22-23H2,1-2H3,(H,38,40)/t26-,29?/m0/s1. The first-order valence-corrected chi connectivity index (χ1v) is 14.9. The maximum Gasteiger partial charge on any atom is 0.416 e. The highest BCUT2D eigenvalue weighted by Crippen LogP contribution is 2.28. The van der Waals surface area contributed by atoms with Gasteiger partial charge in [-0.2, -0.15) is 0 Å². The Hall–Kier alpha value is -5.18. The summed E-state index contributed by atoms with van der Waals surface area (Å²) in [5, 5.41) is 2.93. The van der Waals surface area contributed by atoms with Crippen LogP contribution in [0.4, 0.5) is 9.18 Å². The number of halogens is 1. The Bertz CT molecular complexity index is 1640. The molecule has 1 aliphatic rings. The Labute approximate surface area is 261 Å². The van der Waals surface area contributed by atoms with Gasteiger partial charge in [0.1, 0.15) is 29.7 Å². The number of nitrogens with zero attached hydrogens (tertiary/aromatic N) is 1. The second kappa shape index (κ2) is 14.5. The summed E-state index contributed by atoms with van der Waals surface area (Å²) in [6.45, 7) is 2.22. The van der Waals surface area contributed by atoms with Crippen LogP contribution in [-0.2, 0) is 28.9 Å². The molecule has 0 radical (unpaired) electrons. The predicted octanol–water partition coefficient (Wildman–Crippen LogP) is 6.72. The van der Waals surface area contributed by atoms with E-state index in [1.165, 1.54) is 36.3 Å². The number of carbonyl (C=O) groups excluding carboxylic acids is 3. The molecule has 0 aliphatic carbocycles. The van der Waals surface area contributed by atoms with E-state index in [1.54, 1.807) is 18.2 Å². The molecule has 0 saturated carbocycles. The van der Waals surface area contributed by atoms with Gasteiger partial charge in [0.25, 0.3) is 5.91 Å². The van der Waals surface area contributed by atoms with E-state index in [9.17, 15) is 18.8 Å². The molecule has 1 unspecified atom stereocenters. The fraction of sp³-hybridized carbons (Fsp3) is 0.250. The van der Waals surface area contributed by atoms with Gasteiger partial charge in [0.05, 0.1) is 18.7 Å². The Morgan fingerprint density at radius 1 is 0.956 bits per heavy atom. The van der Waals surface area contributed by atoms with E-state index in [0.29, 0.717) is 42.1 Å². The Morgan fingerprint density at radius 3 is 2.42 bits per heavy atom. The number of amides is 3. The molecule has 2 atom stereocenters. The molecule has 4 aromatic rings. The number of hydrogen-bond donors (Lipinski definition) is 1. The minimum absolute atomic E-state index is 0.154. The van der Waals surface area contributed by atoms with E-state index in [0.717, 1.165) is 16.7 Å². The molecular weight excluding hydrogens is 575 g/mol. The Morgan fingerprint density at radius 2 is 1.69 bits per heavy atom. The number of carbonyl (C=O) groups is 3. The average molecular weight is 611 g/mol. The zero-order valence-electron chi connectivity index (χ0n) is 25.2. The van der Waals surface area contributed by atoms with Crippen LogP contribution in [0.3, 0.4) is 0 Å². The summed E-state index contributed by atoms with van der Waals surface area (Å²) in [5.74, 6) is -0.124. The molecule has 232 valence electrons. The highest BCUT2D eigenvalue weighted by molar-refractivity contribution is 5.97. The molecule has 4 aromatic carbocycles. The van der Waals surface area contributed by atoms with Crippen LogP contribution in [0, 0.1) is 11.7 Å². The molecule has 5 rings (SSSR count). The Kier molecular flexibility index (Phi) is 10.1. The van der Waals surface area contributed by atoms with Gasteiger partial charge in [-0.15, -0.1) is 0 Å². The molecular formula is C36H35FN2O6. The molecule has 8 nitrogen and oxygen atoms in total. The lowest BCUT2D eigenvalue weighted by molar-refractivity contribution is -0.133. The molecule has 1 aliphatic heterocycles. The van der Waals surface area contributed by atoms with E-state index in [2.05, 4.69) is 5.32 Å². The van der Waals surface area contributed by atoms with Gasteiger partial charge < -0.3 is 19.5 Å². The third-order valence-electron chi connectivity index (χ3n) is 7.80. The smallest absolute Gasteiger partial charge is 0.416 e. The van der Waals surface area contributed by atoms with E-state index < -0.39 is 12.0 Å². The minimum atomic E-state index is -0.627. The molecule has 3 amide bonds. The lowest BCUT2D eigenvalue weighted by Crippen LogP contribution is -2.44. The van der Waals surface area contributed by atoms with Crippen molar-refractivity contribution in [1.29, 1.82) is 0 Å². The minimum Gasteiger partial charge on any atom is -0.496 e. The number of imide groups is 1. The van der Waals surface area contributed by atoms with Crippen molar-refractivity contribution in [2.75, 3.05) is 13.7 Å². The first-order valence-electron chi connectivity index (χ1n) is 14.9. The van der Waals surface area contributed by atoms with Gasteiger partial charge >= 0.3 is 6.09 Å². The molecule has 1 N–H and O–H groups in total. The number of cyclic esters (lactones) is 1. The largest absolute Gasteiger partial charge is 0.496 e. The summed E-state index contributed by atoms with van der Waals surface area (Å²) in [4.78, 5) is 41.0. The van der Waals surface area contributed by atoms with E-state index in [1.807, 2.05) is 61.5 Å². The first-order chi connectivity index (χ1) is 21.9. The van der Waals surface area contributed by atoms with Crippen LogP contribution in [0.2, 0.25) is 0 Å². The maximum atomic E-state index is 13.7. The second-order valence-electron chi connectivity index (χ2n) is 10.8. The number of rotatable bonds is 12. The SMILES string of the molecule is CC[C@@H](Cc1ccc(OC)c(C(=O)NCc2ccccc2Oc2ccc(F)cc2)c1)C(=O)N1C(=O)OCC1Cc1ccccc1. The first kappa shape index (κ1) is 31.3. The van der Waals surface area contributed by atoms with E-state index in [4.69, 9.17) is 14.2 Å². The van der Waals surface area contributed by atoms with Crippen LogP contribution in [0.25, 0.3) is 0 Å². The topological polar surface area (TPSA) is 94.2 Å². The number of nitrogens with one attached hydrogen (secondary N) is 1. The number of hydrogen-bond acceptors (Lipinski definition) is 6. The monoisotopic (exact) mass is 610 g/mol. The van der Waals surface area contributed by atoms with Crippen LogP contribution in [0.1, 0.15) is 40.4 Å². The predicted molar refractivity (Wildman–Crippen MR) is 167 cm³/mol. The second-order valence-corrected chi connectivity index (χ2v) is 10.8. The van der Waals surface area contributed by atoms with Crippen LogP contribution in [0.15, 0.2) is 97.1 Å². The summed E-state index contributed by atoms with van der Waals surface area (Å²) >= 11 is 0. The summed E-state index contributed by atoms with van der Waals surface area (Å²) in [6.07, 6.45) is 0.715. The summed E-state index contributed by atoms with van der Waals surface area (Å²) in [5.41, 5.74) is 2.82. The number of benzene rings is 4. The fourth-order valence-electron chi connectivity index (χ4n) is 5.36. The lowest BCUT2D eigenvalue weighted by atomic mass is 9.93. The van der Waals surface area contributed by atoms with Crippen LogP contribution < -0.4 is 14.8 Å². The van der Waals surface area contributed by atoms with E-state index >= 15 is 0 Å². The van der Waals surface area contributed by atoms with Crippen LogP contribution in [-0.4, -0.2) is 42.6 Å². The number of para-hydroxylation sites is 1. The third-order valence-corrected chi connectivity index (χ3v) is 7.80. The third kappa shape index (κ3) is 7.67. The molecule has 0 spiro atoms. The van der Waals surface area contributed by atoms with Gasteiger partial charge in [-0.05, 0) is 72.9 Å². The van der Waals surface area contributed by atoms with Crippen molar-refractivity contribution >= 4 is 17.9 Å². The van der Waals surface area contributed by atoms with Gasteiger partial charge in [-0.1, -0.05) is 61.5 Å². The quantitative estimate of drug-likeness (QED) is 0.192. The van der Waals surface area contributed by atoms with E-state index in [-0.39, 0.29) is 36.8 Å². The summed E-state index contributed by atoms with van der Waals surface area (Å²) in [6, 6.07) is 27.5. The Balaban J connectivity index is 1.28. The maximum absolute atomic E-state index is 13.7. The normalized spacial score (nSPS) is 14.9. The number of ether oxygens (including phenoxy) is 3. The van der Waals surface area contributed by atoms with Gasteiger partial charge in [0.15, 0.2) is 0 Å². The zero-order chi connectivity index (χ0) is 31.8. The van der Waals surface area contributed by atoms with Crippen molar-refractivity contribution in [3.63, 3.8) is 0 Å². The molecule has 1 fully saturated rings. The molecule has 45 heavy (non-hydrogen) atoms. The van der Waals surface area contributed by atoms with Crippen molar-refractivity contribution in [3.8, 4) is 17.2 Å². The molecule has 1 heterocycles. The van der Waals surface area contributed by atoms with Crippen molar-refractivity contribution in [2.45, 2.75) is 38.8 Å². The lowest BCUT2D eigenvalue weighted by Gasteiger charge is -2.24. The van der Waals surface area contributed by atoms with Gasteiger partial charge in [-0.25, -0.2) is 14.1 Å². The zero-order valence-corrected chi connectivity index (χ0v) is 25.2. The van der Waals surface area contributed by atoms with Crippen LogP contribution in [0.5, 0.6) is 17.2 Å². The average Bonchev–Trinajstić information content (AvgIpc) is 3.43. The number of methoxy groups -OCH3 is 1. The van der Waals surface area contributed by atoms with Crippen molar-refractivity contribution in [2.24, 2.45) is 5.92 Å². The summed E-state index contributed by atoms with van der Waals surface area (Å²) < 4.78 is 30.0. The van der Waals surface area contributed by atoms with Crippen molar-refractivity contribution in [1.82, 2.24) is 10.2 Å². The van der Waals surface area contributed by atoms with Crippen LogP contribution >= 0.6 is 0 Å². The molecule has 0 aromatic heterocycles. The molecule has 9 heteroatoms. The van der Waals surface area contributed by atoms with Gasteiger partial charge in [-0.3, -0.25) is 9.59 Å². The van der Waals surface area contributed by atoms with Crippen molar-refractivity contribution in [3.05, 3.63) is 125 Å². The molecule has 1 saturated heterocycles. The van der Waals surface area contributed by atoms with Gasteiger partial charge in [0, 0.05) is 18.0 Å². The molecule has 0 bridgehead atoms. The van der Waals surface area contributed by atoms with Crippen molar-refractivity contribution < 1.29 is 33.0 Å².